The van der Waals surface area contributed by atoms with E-state index in [1.807, 2.05) is 6.08 Å². The molecule has 0 saturated heterocycles. The SMILES string of the molecule is CCCCCCCCCCCCC/C=C/C(O)C(N)COC(=O)CCCCCCCCCCCCCCCCCCCCCCC. The molecule has 0 heterocycles. The Morgan fingerprint density at radius 2 is 0.826 bits per heavy atom. The minimum absolute atomic E-state index is 0.0854. The van der Waals surface area contributed by atoms with Crippen molar-refractivity contribution in [1.82, 2.24) is 0 Å². The predicted octanol–water partition coefficient (Wildman–Crippen LogP) is 13.1. The summed E-state index contributed by atoms with van der Waals surface area (Å²) in [5.74, 6) is -0.189. The molecule has 2 atom stereocenters. The highest BCUT2D eigenvalue weighted by Crippen LogP contribution is 2.16. The minimum atomic E-state index is -0.759. The summed E-state index contributed by atoms with van der Waals surface area (Å²) in [6.07, 6.45) is 47.7. The molecule has 0 aliphatic rings. The molecule has 0 aliphatic carbocycles. The van der Waals surface area contributed by atoms with Gasteiger partial charge in [-0.2, -0.15) is 0 Å². The molecule has 0 aromatic rings. The molecule has 0 amide bonds. The van der Waals surface area contributed by atoms with Crippen LogP contribution in [0, 0.1) is 0 Å². The fourth-order valence-corrected chi connectivity index (χ4v) is 6.37. The summed E-state index contributed by atoms with van der Waals surface area (Å²) in [5.41, 5.74) is 6.04. The zero-order chi connectivity index (χ0) is 33.6. The van der Waals surface area contributed by atoms with E-state index in [9.17, 15) is 9.90 Å². The van der Waals surface area contributed by atoms with Gasteiger partial charge in [0.05, 0.1) is 12.1 Å². The summed E-state index contributed by atoms with van der Waals surface area (Å²) < 4.78 is 5.33. The molecule has 0 spiro atoms. The number of hydrogen-bond acceptors (Lipinski definition) is 4. The number of carbonyl (C=O) groups excluding carboxylic acids is 1. The molecule has 0 radical (unpaired) electrons. The number of aliphatic hydroxyl groups excluding tert-OH is 1. The monoisotopic (exact) mass is 650 g/mol. The minimum Gasteiger partial charge on any atom is -0.464 e. The van der Waals surface area contributed by atoms with Crippen molar-refractivity contribution >= 4 is 5.97 Å². The average Bonchev–Trinajstić information content (AvgIpc) is 3.06. The van der Waals surface area contributed by atoms with Gasteiger partial charge in [-0.3, -0.25) is 4.79 Å². The molecule has 3 N–H and O–H groups in total. The molecule has 0 aromatic carbocycles. The molecule has 0 aromatic heterocycles. The zero-order valence-corrected chi connectivity index (χ0v) is 31.4. The van der Waals surface area contributed by atoms with Gasteiger partial charge in [0, 0.05) is 6.42 Å². The Bertz CT molecular complexity index is 622. The number of aliphatic hydroxyl groups is 1. The highest BCUT2D eigenvalue weighted by molar-refractivity contribution is 5.69. The fourth-order valence-electron chi connectivity index (χ4n) is 6.37. The van der Waals surface area contributed by atoms with Gasteiger partial charge < -0.3 is 15.6 Å². The van der Waals surface area contributed by atoms with Gasteiger partial charge in [0.25, 0.3) is 0 Å². The van der Waals surface area contributed by atoms with Crippen LogP contribution in [0.2, 0.25) is 0 Å². The van der Waals surface area contributed by atoms with Crippen molar-refractivity contribution in [3.63, 3.8) is 0 Å². The molecule has 0 aliphatic heterocycles. The third kappa shape index (κ3) is 36.0. The second-order valence-electron chi connectivity index (χ2n) is 14.4. The lowest BCUT2D eigenvalue weighted by Gasteiger charge is -2.15. The summed E-state index contributed by atoms with van der Waals surface area (Å²) in [6.45, 7) is 4.65. The maximum atomic E-state index is 12.1. The van der Waals surface area contributed by atoms with Crippen LogP contribution in [0.5, 0.6) is 0 Å². The lowest BCUT2D eigenvalue weighted by molar-refractivity contribution is -0.144. The topological polar surface area (TPSA) is 72.6 Å². The van der Waals surface area contributed by atoms with Gasteiger partial charge in [0.1, 0.15) is 6.61 Å². The summed E-state index contributed by atoms with van der Waals surface area (Å²) in [6, 6.07) is -0.558. The first kappa shape index (κ1) is 45.1. The molecule has 46 heavy (non-hydrogen) atoms. The second kappa shape index (κ2) is 38.6. The molecule has 274 valence electrons. The van der Waals surface area contributed by atoms with E-state index in [-0.39, 0.29) is 12.6 Å². The second-order valence-corrected chi connectivity index (χ2v) is 14.4. The van der Waals surface area contributed by atoms with Gasteiger partial charge in [0.2, 0.25) is 0 Å². The van der Waals surface area contributed by atoms with Crippen LogP contribution in [-0.4, -0.2) is 29.8 Å². The molecule has 0 rings (SSSR count). The van der Waals surface area contributed by atoms with Crippen LogP contribution in [0.3, 0.4) is 0 Å². The predicted molar refractivity (Wildman–Crippen MR) is 202 cm³/mol. The Labute approximate surface area is 288 Å². The molecule has 0 saturated carbocycles. The summed E-state index contributed by atoms with van der Waals surface area (Å²) in [4.78, 5) is 12.1. The number of ether oxygens (including phenoxy) is 1. The van der Waals surface area contributed by atoms with Gasteiger partial charge in [-0.25, -0.2) is 0 Å². The van der Waals surface area contributed by atoms with E-state index < -0.39 is 12.1 Å². The molecular weight excluding hydrogens is 566 g/mol. The Kier molecular flexibility index (Phi) is 37.8. The highest BCUT2D eigenvalue weighted by atomic mass is 16.5. The first-order valence-corrected chi connectivity index (χ1v) is 20.9. The lowest BCUT2D eigenvalue weighted by atomic mass is 10.0. The van der Waals surface area contributed by atoms with Crippen molar-refractivity contribution in [3.05, 3.63) is 12.2 Å². The fraction of sp³-hybridized carbons (Fsp3) is 0.929. The van der Waals surface area contributed by atoms with Crippen molar-refractivity contribution in [2.24, 2.45) is 5.73 Å². The Hall–Kier alpha value is -0.870. The number of nitrogens with two attached hydrogens (primary N) is 1. The van der Waals surface area contributed by atoms with Gasteiger partial charge >= 0.3 is 5.97 Å². The van der Waals surface area contributed by atoms with Crippen LogP contribution in [0.15, 0.2) is 12.2 Å². The lowest BCUT2D eigenvalue weighted by Crippen LogP contribution is -2.38. The Balaban J connectivity index is 3.40. The van der Waals surface area contributed by atoms with E-state index in [2.05, 4.69) is 13.8 Å². The summed E-state index contributed by atoms with van der Waals surface area (Å²) in [5, 5.41) is 10.3. The quantitative estimate of drug-likeness (QED) is 0.0396. The average molecular weight is 650 g/mol. The van der Waals surface area contributed by atoms with E-state index in [1.165, 1.54) is 186 Å². The van der Waals surface area contributed by atoms with Crippen LogP contribution < -0.4 is 5.73 Å². The molecule has 4 heteroatoms. The van der Waals surface area contributed by atoms with Crippen LogP contribution in [0.1, 0.15) is 232 Å². The smallest absolute Gasteiger partial charge is 0.305 e. The summed E-state index contributed by atoms with van der Waals surface area (Å²) in [7, 11) is 0. The molecule has 2 unspecified atom stereocenters. The van der Waals surface area contributed by atoms with E-state index >= 15 is 0 Å². The van der Waals surface area contributed by atoms with Crippen molar-refractivity contribution in [3.8, 4) is 0 Å². The normalized spacial score (nSPS) is 13.0. The number of rotatable bonds is 38. The number of allylic oxidation sites excluding steroid dienone is 1. The van der Waals surface area contributed by atoms with Crippen LogP contribution in [0.4, 0.5) is 0 Å². The largest absolute Gasteiger partial charge is 0.464 e. The van der Waals surface area contributed by atoms with Gasteiger partial charge in [0.15, 0.2) is 0 Å². The first-order valence-electron chi connectivity index (χ1n) is 20.9. The van der Waals surface area contributed by atoms with Crippen molar-refractivity contribution in [2.75, 3.05) is 6.61 Å². The molecule has 0 fully saturated rings. The Morgan fingerprint density at radius 1 is 0.522 bits per heavy atom. The van der Waals surface area contributed by atoms with E-state index in [1.54, 1.807) is 6.08 Å². The van der Waals surface area contributed by atoms with Crippen LogP contribution in [0.25, 0.3) is 0 Å². The maximum absolute atomic E-state index is 12.1. The van der Waals surface area contributed by atoms with Crippen molar-refractivity contribution in [1.29, 1.82) is 0 Å². The van der Waals surface area contributed by atoms with Gasteiger partial charge in [-0.05, 0) is 19.3 Å². The van der Waals surface area contributed by atoms with E-state index in [0.29, 0.717) is 6.42 Å². The first-order chi connectivity index (χ1) is 22.6. The van der Waals surface area contributed by atoms with E-state index in [0.717, 1.165) is 25.7 Å². The van der Waals surface area contributed by atoms with Crippen LogP contribution >= 0.6 is 0 Å². The highest BCUT2D eigenvalue weighted by Gasteiger charge is 2.14. The van der Waals surface area contributed by atoms with Crippen molar-refractivity contribution in [2.45, 2.75) is 244 Å². The van der Waals surface area contributed by atoms with Crippen molar-refractivity contribution < 1.29 is 14.6 Å². The standard InChI is InChI=1S/C42H83NO3/c1-3-5-7-9-11-13-15-17-18-19-20-21-22-23-24-26-28-30-32-34-36-38-42(45)46-39-40(43)41(44)37-35-33-31-29-27-25-16-14-12-10-8-6-4-2/h35,37,40-41,44H,3-34,36,38-39,43H2,1-2H3/b37-35+. The van der Waals surface area contributed by atoms with Crippen LogP contribution in [-0.2, 0) is 9.53 Å². The number of unbranched alkanes of at least 4 members (excludes halogenated alkanes) is 31. The summed E-state index contributed by atoms with van der Waals surface area (Å²) >= 11 is 0. The number of hydrogen-bond donors (Lipinski definition) is 2. The Morgan fingerprint density at radius 3 is 1.17 bits per heavy atom. The molecular formula is C42H83NO3. The van der Waals surface area contributed by atoms with Gasteiger partial charge in [-0.15, -0.1) is 0 Å². The molecule has 0 bridgehead atoms. The molecule has 4 nitrogen and oxygen atoms in total. The third-order valence-corrected chi connectivity index (χ3v) is 9.67. The number of carbonyl (C=O) groups is 1. The third-order valence-electron chi connectivity index (χ3n) is 9.67. The maximum Gasteiger partial charge on any atom is 0.305 e. The van der Waals surface area contributed by atoms with Gasteiger partial charge in [-0.1, -0.05) is 219 Å². The van der Waals surface area contributed by atoms with E-state index in [4.69, 9.17) is 10.5 Å². The zero-order valence-electron chi connectivity index (χ0n) is 31.4. The number of esters is 1.